The van der Waals surface area contributed by atoms with Gasteiger partial charge in [0, 0.05) is 17.8 Å². The minimum Gasteiger partial charge on any atom is -0.396 e. The number of amides is 1. The minimum atomic E-state index is -4.56. The van der Waals surface area contributed by atoms with Crippen LogP contribution in [0.4, 0.5) is 24.5 Å². The highest BCUT2D eigenvalue weighted by Crippen LogP contribution is 2.33. The molecule has 2 aromatic rings. The average molecular weight is 319 g/mol. The van der Waals surface area contributed by atoms with Crippen molar-refractivity contribution in [3.8, 4) is 0 Å². The second-order valence-corrected chi connectivity index (χ2v) is 4.69. The van der Waals surface area contributed by atoms with Crippen LogP contribution in [0.1, 0.15) is 16.1 Å². The first-order valence-electron chi connectivity index (χ1n) is 5.65. The first-order chi connectivity index (χ1) is 9.68. The fraction of sp³-hybridized carbons (Fsp3) is 0.167. The van der Waals surface area contributed by atoms with Crippen LogP contribution in [0.15, 0.2) is 24.4 Å². The van der Waals surface area contributed by atoms with Gasteiger partial charge in [0.05, 0.1) is 17.4 Å². The van der Waals surface area contributed by atoms with Crippen LogP contribution in [-0.4, -0.2) is 15.7 Å². The third kappa shape index (κ3) is 3.27. The van der Waals surface area contributed by atoms with Gasteiger partial charge in [-0.25, -0.2) is 0 Å². The van der Waals surface area contributed by atoms with Crippen molar-refractivity contribution in [2.75, 3.05) is 11.1 Å². The van der Waals surface area contributed by atoms with Crippen LogP contribution in [0, 0.1) is 0 Å². The number of halogens is 4. The van der Waals surface area contributed by atoms with E-state index in [1.54, 1.807) is 0 Å². The molecule has 1 aromatic heterocycles. The van der Waals surface area contributed by atoms with Crippen molar-refractivity contribution in [1.29, 1.82) is 0 Å². The molecular weight excluding hydrogens is 309 g/mol. The summed E-state index contributed by atoms with van der Waals surface area (Å²) in [5.41, 5.74) is 4.70. The van der Waals surface area contributed by atoms with Crippen LogP contribution in [0.3, 0.4) is 0 Å². The van der Waals surface area contributed by atoms with Gasteiger partial charge in [-0.1, -0.05) is 11.6 Å². The van der Waals surface area contributed by atoms with Gasteiger partial charge < -0.3 is 11.1 Å². The molecule has 0 spiro atoms. The van der Waals surface area contributed by atoms with Crippen molar-refractivity contribution in [2.24, 2.45) is 7.05 Å². The summed E-state index contributed by atoms with van der Waals surface area (Å²) in [6.07, 6.45) is -3.29. The molecule has 0 atom stereocenters. The molecule has 1 amide bonds. The van der Waals surface area contributed by atoms with Gasteiger partial charge >= 0.3 is 6.18 Å². The number of nitrogens with one attached hydrogen (secondary N) is 1. The van der Waals surface area contributed by atoms with Gasteiger partial charge in [-0.3, -0.25) is 9.48 Å². The molecule has 0 aliphatic rings. The van der Waals surface area contributed by atoms with Crippen LogP contribution in [0.5, 0.6) is 0 Å². The van der Waals surface area contributed by atoms with Crippen molar-refractivity contribution in [3.63, 3.8) is 0 Å². The summed E-state index contributed by atoms with van der Waals surface area (Å²) in [5, 5.41) is 5.95. The molecule has 0 saturated carbocycles. The van der Waals surface area contributed by atoms with Crippen LogP contribution in [0.2, 0.25) is 5.02 Å². The minimum absolute atomic E-state index is 0.0449. The van der Waals surface area contributed by atoms with Crippen molar-refractivity contribution < 1.29 is 18.0 Å². The summed E-state index contributed by atoms with van der Waals surface area (Å²) in [6, 6.07) is 2.77. The molecule has 2 rings (SSSR count). The van der Waals surface area contributed by atoms with Crippen molar-refractivity contribution >= 4 is 28.9 Å². The molecule has 112 valence electrons. The SMILES string of the molecule is Cn1ncc(N)c1C(=O)Nc1cc(Cl)cc(C(F)(F)F)c1. The number of carbonyl (C=O) groups excluding carboxylic acids is 1. The lowest BCUT2D eigenvalue weighted by Gasteiger charge is -2.11. The Bertz CT molecular complexity index is 677. The van der Waals surface area contributed by atoms with Crippen molar-refractivity contribution in [3.05, 3.63) is 40.7 Å². The number of benzene rings is 1. The summed E-state index contributed by atoms with van der Waals surface area (Å²) >= 11 is 5.63. The highest BCUT2D eigenvalue weighted by Gasteiger charge is 2.31. The quantitative estimate of drug-likeness (QED) is 0.894. The van der Waals surface area contributed by atoms with Gasteiger partial charge in [-0.15, -0.1) is 0 Å². The van der Waals surface area contributed by atoms with E-state index in [0.29, 0.717) is 0 Å². The highest BCUT2D eigenvalue weighted by molar-refractivity contribution is 6.31. The first-order valence-corrected chi connectivity index (χ1v) is 6.03. The van der Waals surface area contributed by atoms with E-state index in [4.69, 9.17) is 17.3 Å². The highest BCUT2D eigenvalue weighted by atomic mass is 35.5. The molecule has 0 saturated heterocycles. The fourth-order valence-electron chi connectivity index (χ4n) is 1.75. The van der Waals surface area contributed by atoms with E-state index >= 15 is 0 Å². The Morgan fingerprint density at radius 1 is 1.38 bits per heavy atom. The number of alkyl halides is 3. The Morgan fingerprint density at radius 3 is 2.57 bits per heavy atom. The number of nitrogens with two attached hydrogens (primary N) is 1. The smallest absolute Gasteiger partial charge is 0.396 e. The van der Waals surface area contributed by atoms with Crippen molar-refractivity contribution in [1.82, 2.24) is 9.78 Å². The van der Waals surface area contributed by atoms with Gasteiger partial charge in [0.2, 0.25) is 0 Å². The summed E-state index contributed by atoms with van der Waals surface area (Å²) in [4.78, 5) is 12.0. The second-order valence-electron chi connectivity index (χ2n) is 4.25. The summed E-state index contributed by atoms with van der Waals surface area (Å²) in [5.74, 6) is -0.678. The molecule has 0 fully saturated rings. The first kappa shape index (κ1) is 15.2. The maximum atomic E-state index is 12.7. The molecule has 9 heteroatoms. The van der Waals surface area contributed by atoms with E-state index in [9.17, 15) is 18.0 Å². The van der Waals surface area contributed by atoms with Gasteiger partial charge in [-0.05, 0) is 18.2 Å². The number of rotatable bonds is 2. The number of aromatic nitrogens is 2. The number of anilines is 2. The molecule has 0 aliphatic carbocycles. The van der Waals surface area contributed by atoms with Gasteiger partial charge in [0.1, 0.15) is 5.69 Å². The maximum absolute atomic E-state index is 12.7. The lowest BCUT2D eigenvalue weighted by molar-refractivity contribution is -0.137. The normalized spacial score (nSPS) is 11.5. The van der Waals surface area contributed by atoms with Crippen LogP contribution in [-0.2, 0) is 13.2 Å². The third-order valence-corrected chi connectivity index (χ3v) is 2.88. The van der Waals surface area contributed by atoms with E-state index in [1.165, 1.54) is 24.0 Å². The Morgan fingerprint density at radius 2 is 2.05 bits per heavy atom. The molecule has 1 heterocycles. The molecule has 5 nitrogen and oxygen atoms in total. The van der Waals surface area contributed by atoms with Gasteiger partial charge in [-0.2, -0.15) is 18.3 Å². The standard InChI is InChI=1S/C12H10ClF3N4O/c1-20-10(9(17)5-18-20)11(21)19-8-3-6(12(14,15)16)2-7(13)4-8/h2-5H,17H2,1H3,(H,19,21). The predicted molar refractivity (Wildman–Crippen MR) is 72.0 cm³/mol. The zero-order valence-electron chi connectivity index (χ0n) is 10.7. The fourth-order valence-corrected chi connectivity index (χ4v) is 1.98. The number of aryl methyl sites for hydroxylation is 1. The lowest BCUT2D eigenvalue weighted by atomic mass is 10.2. The zero-order valence-corrected chi connectivity index (χ0v) is 11.5. The number of nitrogen functional groups attached to an aromatic ring is 1. The number of nitrogens with zero attached hydrogens (tertiary/aromatic N) is 2. The Hall–Kier alpha value is -2.22. The topological polar surface area (TPSA) is 72.9 Å². The molecule has 21 heavy (non-hydrogen) atoms. The maximum Gasteiger partial charge on any atom is 0.416 e. The molecule has 0 radical (unpaired) electrons. The van der Waals surface area contributed by atoms with Crippen LogP contribution in [0.25, 0.3) is 0 Å². The van der Waals surface area contributed by atoms with Crippen LogP contribution >= 0.6 is 11.6 Å². The second kappa shape index (κ2) is 5.28. The number of hydrogen-bond acceptors (Lipinski definition) is 3. The van der Waals surface area contributed by atoms with E-state index in [1.807, 2.05) is 0 Å². The molecular formula is C12H10ClF3N4O. The van der Waals surface area contributed by atoms with Gasteiger partial charge in [0.15, 0.2) is 0 Å². The largest absolute Gasteiger partial charge is 0.416 e. The molecule has 0 unspecified atom stereocenters. The van der Waals surface area contributed by atoms with Crippen molar-refractivity contribution in [2.45, 2.75) is 6.18 Å². The third-order valence-electron chi connectivity index (χ3n) is 2.67. The molecule has 0 aliphatic heterocycles. The summed E-state index contributed by atoms with van der Waals surface area (Å²) in [7, 11) is 1.49. The van der Waals surface area contributed by atoms with E-state index in [-0.39, 0.29) is 22.1 Å². The Kier molecular flexibility index (Phi) is 3.82. The number of hydrogen-bond donors (Lipinski definition) is 2. The lowest BCUT2D eigenvalue weighted by Crippen LogP contribution is -2.18. The van der Waals surface area contributed by atoms with Crippen LogP contribution < -0.4 is 11.1 Å². The molecule has 0 bridgehead atoms. The summed E-state index contributed by atoms with van der Waals surface area (Å²) < 4.78 is 39.3. The number of carbonyl (C=O) groups is 1. The summed E-state index contributed by atoms with van der Waals surface area (Å²) in [6.45, 7) is 0. The molecule has 1 aromatic carbocycles. The zero-order chi connectivity index (χ0) is 15.8. The average Bonchev–Trinajstić information content (AvgIpc) is 2.67. The van der Waals surface area contributed by atoms with E-state index in [2.05, 4.69) is 10.4 Å². The Balaban J connectivity index is 2.32. The molecule has 3 N–H and O–H groups in total. The Labute approximate surface area is 122 Å². The predicted octanol–water partition coefficient (Wildman–Crippen LogP) is 2.93. The van der Waals surface area contributed by atoms with E-state index in [0.717, 1.165) is 12.1 Å². The van der Waals surface area contributed by atoms with Gasteiger partial charge in [0.25, 0.3) is 5.91 Å². The van der Waals surface area contributed by atoms with E-state index < -0.39 is 17.6 Å². The monoisotopic (exact) mass is 318 g/mol.